The van der Waals surface area contributed by atoms with Crippen molar-refractivity contribution in [3.05, 3.63) is 35.4 Å². The molecule has 3 nitrogen and oxygen atoms in total. The molecule has 3 heteroatoms. The van der Waals surface area contributed by atoms with Crippen LogP contribution in [0.5, 0.6) is 0 Å². The maximum absolute atomic E-state index is 9.40. The van der Waals surface area contributed by atoms with Crippen molar-refractivity contribution >= 4 is 0 Å². The SMILES string of the molecule is CNC(c1ccc(CC(C)C)cc1)C1(C#N)COC1. The van der Waals surface area contributed by atoms with Gasteiger partial charge in [-0.3, -0.25) is 0 Å². The molecule has 19 heavy (non-hydrogen) atoms. The number of rotatable bonds is 5. The summed E-state index contributed by atoms with van der Waals surface area (Å²) in [5.41, 5.74) is 2.11. The van der Waals surface area contributed by atoms with Gasteiger partial charge in [0, 0.05) is 0 Å². The molecule has 1 heterocycles. The summed E-state index contributed by atoms with van der Waals surface area (Å²) in [5.74, 6) is 0.663. The Bertz CT molecular complexity index is 455. The Morgan fingerprint density at radius 3 is 2.32 bits per heavy atom. The van der Waals surface area contributed by atoms with E-state index in [0.717, 1.165) is 6.42 Å². The summed E-state index contributed by atoms with van der Waals surface area (Å²) < 4.78 is 5.25. The van der Waals surface area contributed by atoms with Crippen molar-refractivity contribution in [3.8, 4) is 6.07 Å². The van der Waals surface area contributed by atoms with Crippen molar-refractivity contribution in [1.29, 1.82) is 5.26 Å². The molecule has 0 bridgehead atoms. The zero-order valence-corrected chi connectivity index (χ0v) is 11.9. The predicted molar refractivity (Wildman–Crippen MR) is 75.6 cm³/mol. The molecule has 1 aromatic rings. The molecule has 1 N–H and O–H groups in total. The summed E-state index contributed by atoms with van der Waals surface area (Å²) in [4.78, 5) is 0. The highest BCUT2D eigenvalue weighted by atomic mass is 16.5. The quantitative estimate of drug-likeness (QED) is 0.883. The van der Waals surface area contributed by atoms with Gasteiger partial charge in [-0.1, -0.05) is 38.1 Å². The highest BCUT2D eigenvalue weighted by Gasteiger charge is 2.46. The zero-order chi connectivity index (χ0) is 13.9. The minimum absolute atomic E-state index is 0.0411. The molecule has 1 aliphatic heterocycles. The average Bonchev–Trinajstić information content (AvgIpc) is 2.34. The molecule has 102 valence electrons. The number of benzene rings is 1. The van der Waals surface area contributed by atoms with E-state index in [1.807, 2.05) is 7.05 Å². The van der Waals surface area contributed by atoms with Crippen LogP contribution in [0.1, 0.15) is 31.0 Å². The molecule has 1 unspecified atom stereocenters. The van der Waals surface area contributed by atoms with Gasteiger partial charge in [0.1, 0.15) is 5.41 Å². The Morgan fingerprint density at radius 1 is 1.32 bits per heavy atom. The van der Waals surface area contributed by atoms with Gasteiger partial charge >= 0.3 is 0 Å². The van der Waals surface area contributed by atoms with Crippen LogP contribution in [0.2, 0.25) is 0 Å². The summed E-state index contributed by atoms with van der Waals surface area (Å²) in [6.45, 7) is 5.48. The molecule has 0 aliphatic carbocycles. The van der Waals surface area contributed by atoms with Gasteiger partial charge in [0.2, 0.25) is 0 Å². The van der Waals surface area contributed by atoms with E-state index in [9.17, 15) is 5.26 Å². The van der Waals surface area contributed by atoms with Crippen LogP contribution in [0.4, 0.5) is 0 Å². The molecule has 0 aromatic heterocycles. The second-order valence-electron chi connectivity index (χ2n) is 5.82. The molecule has 1 atom stereocenters. The third-order valence-electron chi connectivity index (χ3n) is 3.74. The Kier molecular flexibility index (Phi) is 4.24. The number of hydrogen-bond donors (Lipinski definition) is 1. The molecule has 0 radical (unpaired) electrons. The highest BCUT2D eigenvalue weighted by Crippen LogP contribution is 2.39. The van der Waals surface area contributed by atoms with Crippen molar-refractivity contribution in [2.45, 2.75) is 26.3 Å². The summed E-state index contributed by atoms with van der Waals surface area (Å²) in [5, 5.41) is 12.7. The summed E-state index contributed by atoms with van der Waals surface area (Å²) >= 11 is 0. The minimum atomic E-state index is -0.408. The lowest BCUT2D eigenvalue weighted by molar-refractivity contribution is -0.0963. The summed E-state index contributed by atoms with van der Waals surface area (Å²) in [7, 11) is 1.91. The first-order chi connectivity index (χ1) is 9.11. The first-order valence-electron chi connectivity index (χ1n) is 6.86. The third kappa shape index (κ3) is 2.80. The van der Waals surface area contributed by atoms with Gasteiger partial charge in [0.05, 0.1) is 25.3 Å². The standard InChI is InChI=1S/C16H22N2O/c1-12(2)8-13-4-6-14(7-5-13)15(18-3)16(9-17)10-19-11-16/h4-7,12,15,18H,8,10-11H2,1-3H3. The monoisotopic (exact) mass is 258 g/mol. The lowest BCUT2D eigenvalue weighted by Crippen LogP contribution is -2.50. The number of nitrogens with one attached hydrogen (secondary N) is 1. The van der Waals surface area contributed by atoms with Gasteiger partial charge in [-0.15, -0.1) is 0 Å². The Morgan fingerprint density at radius 2 is 1.95 bits per heavy atom. The maximum atomic E-state index is 9.40. The Hall–Kier alpha value is -1.37. The van der Waals surface area contributed by atoms with Crippen LogP contribution in [-0.4, -0.2) is 20.3 Å². The van der Waals surface area contributed by atoms with E-state index < -0.39 is 5.41 Å². The molecule has 1 saturated heterocycles. The second-order valence-corrected chi connectivity index (χ2v) is 5.82. The van der Waals surface area contributed by atoms with E-state index in [2.05, 4.69) is 49.5 Å². The van der Waals surface area contributed by atoms with E-state index in [1.165, 1.54) is 11.1 Å². The molecule has 1 aromatic carbocycles. The zero-order valence-electron chi connectivity index (χ0n) is 11.9. The van der Waals surface area contributed by atoms with Crippen molar-refractivity contribution in [2.24, 2.45) is 11.3 Å². The normalized spacial score (nSPS) is 18.7. The molecular formula is C16H22N2O. The van der Waals surface area contributed by atoms with Crippen LogP contribution in [-0.2, 0) is 11.2 Å². The third-order valence-corrected chi connectivity index (χ3v) is 3.74. The molecule has 0 amide bonds. The van der Waals surface area contributed by atoms with Crippen molar-refractivity contribution in [3.63, 3.8) is 0 Å². The average molecular weight is 258 g/mol. The minimum Gasteiger partial charge on any atom is -0.378 e. The number of hydrogen-bond acceptors (Lipinski definition) is 3. The molecule has 2 rings (SSSR count). The van der Waals surface area contributed by atoms with Gasteiger partial charge in [0.15, 0.2) is 0 Å². The van der Waals surface area contributed by atoms with Crippen LogP contribution in [0.15, 0.2) is 24.3 Å². The first-order valence-corrected chi connectivity index (χ1v) is 6.86. The van der Waals surface area contributed by atoms with E-state index in [0.29, 0.717) is 19.1 Å². The van der Waals surface area contributed by atoms with Crippen LogP contribution >= 0.6 is 0 Å². The number of ether oxygens (including phenoxy) is 1. The fourth-order valence-electron chi connectivity index (χ4n) is 2.70. The summed E-state index contributed by atoms with van der Waals surface area (Å²) in [6, 6.07) is 11.1. The first kappa shape index (κ1) is 14.0. The van der Waals surface area contributed by atoms with Gasteiger partial charge in [-0.2, -0.15) is 5.26 Å². The fourth-order valence-corrected chi connectivity index (χ4v) is 2.70. The van der Waals surface area contributed by atoms with Crippen molar-refractivity contribution in [1.82, 2.24) is 5.32 Å². The maximum Gasteiger partial charge on any atom is 0.123 e. The highest BCUT2D eigenvalue weighted by molar-refractivity contribution is 5.30. The predicted octanol–water partition coefficient (Wildman–Crippen LogP) is 2.69. The largest absolute Gasteiger partial charge is 0.378 e. The van der Waals surface area contributed by atoms with Crippen LogP contribution in [0.25, 0.3) is 0 Å². The van der Waals surface area contributed by atoms with E-state index in [-0.39, 0.29) is 6.04 Å². The summed E-state index contributed by atoms with van der Waals surface area (Å²) in [6.07, 6.45) is 1.09. The molecule has 1 aliphatic rings. The van der Waals surface area contributed by atoms with E-state index in [1.54, 1.807) is 0 Å². The lowest BCUT2D eigenvalue weighted by atomic mass is 9.76. The van der Waals surface area contributed by atoms with Crippen molar-refractivity contribution in [2.75, 3.05) is 20.3 Å². The van der Waals surface area contributed by atoms with Crippen LogP contribution < -0.4 is 5.32 Å². The smallest absolute Gasteiger partial charge is 0.123 e. The Labute approximate surface area is 115 Å². The second kappa shape index (κ2) is 5.73. The fraction of sp³-hybridized carbons (Fsp3) is 0.562. The van der Waals surface area contributed by atoms with Crippen LogP contribution in [0.3, 0.4) is 0 Å². The molecular weight excluding hydrogens is 236 g/mol. The van der Waals surface area contributed by atoms with E-state index >= 15 is 0 Å². The van der Waals surface area contributed by atoms with Gasteiger partial charge in [0.25, 0.3) is 0 Å². The Balaban J connectivity index is 2.18. The number of nitriles is 1. The van der Waals surface area contributed by atoms with Gasteiger partial charge in [-0.25, -0.2) is 0 Å². The lowest BCUT2D eigenvalue weighted by Gasteiger charge is -2.41. The van der Waals surface area contributed by atoms with Crippen molar-refractivity contribution < 1.29 is 4.74 Å². The van der Waals surface area contributed by atoms with Gasteiger partial charge < -0.3 is 10.1 Å². The number of nitrogens with zero attached hydrogens (tertiary/aromatic N) is 1. The topological polar surface area (TPSA) is 45.0 Å². The molecule has 0 spiro atoms. The molecule has 0 saturated carbocycles. The van der Waals surface area contributed by atoms with Crippen LogP contribution in [0, 0.1) is 22.7 Å². The van der Waals surface area contributed by atoms with Gasteiger partial charge in [-0.05, 0) is 30.5 Å². The van der Waals surface area contributed by atoms with E-state index in [4.69, 9.17) is 4.74 Å². The molecule has 1 fully saturated rings.